The molecule has 0 spiro atoms. The standard InChI is InChI=1S/C14H19NO4/c1-18-13(17)14(15,11-4-5-11)9-19-12-6-2-10(8-16)3-7-12/h2-3,6-7,11,16H,4-5,8-9,15H2,1H3. The summed E-state index contributed by atoms with van der Waals surface area (Å²) in [5, 5.41) is 8.95. The number of nitrogens with two attached hydrogens (primary N) is 1. The molecular weight excluding hydrogens is 246 g/mol. The average Bonchev–Trinajstić information content (AvgIpc) is 3.29. The Kier molecular flexibility index (Phi) is 4.07. The summed E-state index contributed by atoms with van der Waals surface area (Å²) in [6, 6.07) is 7.03. The minimum Gasteiger partial charge on any atom is -0.491 e. The minimum atomic E-state index is -1.07. The van der Waals surface area contributed by atoms with Crippen molar-refractivity contribution in [2.24, 2.45) is 11.7 Å². The fourth-order valence-corrected chi connectivity index (χ4v) is 2.03. The van der Waals surface area contributed by atoms with Crippen LogP contribution in [0.1, 0.15) is 18.4 Å². The van der Waals surface area contributed by atoms with Crippen molar-refractivity contribution < 1.29 is 19.4 Å². The second-order valence-corrected chi connectivity index (χ2v) is 4.90. The molecule has 0 aromatic heterocycles. The van der Waals surface area contributed by atoms with E-state index in [-0.39, 0.29) is 19.1 Å². The van der Waals surface area contributed by atoms with Crippen molar-refractivity contribution in [2.75, 3.05) is 13.7 Å². The number of benzene rings is 1. The number of methoxy groups -OCH3 is 1. The molecule has 1 unspecified atom stereocenters. The van der Waals surface area contributed by atoms with Gasteiger partial charge in [-0.3, -0.25) is 0 Å². The Balaban J connectivity index is 2.00. The van der Waals surface area contributed by atoms with Crippen LogP contribution in [0.25, 0.3) is 0 Å². The van der Waals surface area contributed by atoms with Gasteiger partial charge in [-0.15, -0.1) is 0 Å². The first kappa shape index (κ1) is 13.8. The minimum absolute atomic E-state index is 0.00859. The number of aliphatic hydroxyl groups excluding tert-OH is 1. The molecule has 104 valence electrons. The second kappa shape index (κ2) is 5.59. The fourth-order valence-electron chi connectivity index (χ4n) is 2.03. The summed E-state index contributed by atoms with van der Waals surface area (Å²) in [7, 11) is 1.34. The molecule has 1 saturated carbocycles. The van der Waals surface area contributed by atoms with Crippen molar-refractivity contribution in [2.45, 2.75) is 25.0 Å². The van der Waals surface area contributed by atoms with Gasteiger partial charge in [0.25, 0.3) is 0 Å². The molecule has 1 aromatic rings. The monoisotopic (exact) mass is 265 g/mol. The highest BCUT2D eigenvalue weighted by molar-refractivity contribution is 5.81. The van der Waals surface area contributed by atoms with Crippen LogP contribution >= 0.6 is 0 Å². The van der Waals surface area contributed by atoms with Crippen LogP contribution in [0.5, 0.6) is 5.75 Å². The molecule has 0 radical (unpaired) electrons. The summed E-state index contributed by atoms with van der Waals surface area (Å²) in [4.78, 5) is 11.8. The quantitative estimate of drug-likeness (QED) is 0.745. The summed E-state index contributed by atoms with van der Waals surface area (Å²) in [5.41, 5.74) is 5.86. The summed E-state index contributed by atoms with van der Waals surface area (Å²) in [6.45, 7) is 0.0914. The Labute approximate surface area is 112 Å². The van der Waals surface area contributed by atoms with Crippen LogP contribution in [0, 0.1) is 5.92 Å². The molecule has 1 atom stereocenters. The Bertz CT molecular complexity index is 441. The molecule has 19 heavy (non-hydrogen) atoms. The van der Waals surface area contributed by atoms with Crippen molar-refractivity contribution >= 4 is 5.97 Å². The van der Waals surface area contributed by atoms with E-state index >= 15 is 0 Å². The predicted octanol–water partition coefficient (Wildman–Crippen LogP) is 0.838. The van der Waals surface area contributed by atoms with Gasteiger partial charge in [-0.25, -0.2) is 4.79 Å². The normalized spacial score (nSPS) is 17.6. The highest BCUT2D eigenvalue weighted by atomic mass is 16.5. The second-order valence-electron chi connectivity index (χ2n) is 4.90. The van der Waals surface area contributed by atoms with Crippen LogP contribution in [0.4, 0.5) is 0 Å². The maximum atomic E-state index is 11.8. The maximum Gasteiger partial charge on any atom is 0.329 e. The largest absolute Gasteiger partial charge is 0.491 e. The Morgan fingerprint density at radius 3 is 2.53 bits per heavy atom. The first-order chi connectivity index (χ1) is 9.10. The number of hydrogen-bond donors (Lipinski definition) is 2. The average molecular weight is 265 g/mol. The van der Waals surface area contributed by atoms with Gasteiger partial charge in [0.1, 0.15) is 12.4 Å². The number of aliphatic hydroxyl groups is 1. The number of ether oxygens (including phenoxy) is 2. The van der Waals surface area contributed by atoms with E-state index in [1.54, 1.807) is 24.3 Å². The molecule has 5 nitrogen and oxygen atoms in total. The van der Waals surface area contributed by atoms with Gasteiger partial charge in [0.05, 0.1) is 13.7 Å². The lowest BCUT2D eigenvalue weighted by molar-refractivity contribution is -0.149. The van der Waals surface area contributed by atoms with Crippen LogP contribution in [0.15, 0.2) is 24.3 Å². The molecule has 2 rings (SSSR count). The van der Waals surface area contributed by atoms with E-state index in [1.807, 2.05) is 0 Å². The SMILES string of the molecule is COC(=O)C(N)(COc1ccc(CO)cc1)C1CC1. The fraction of sp³-hybridized carbons (Fsp3) is 0.500. The zero-order valence-corrected chi connectivity index (χ0v) is 11.0. The number of carbonyl (C=O) groups is 1. The molecule has 0 heterocycles. The van der Waals surface area contributed by atoms with Crippen molar-refractivity contribution in [1.29, 1.82) is 0 Å². The summed E-state index contributed by atoms with van der Waals surface area (Å²) >= 11 is 0. The lowest BCUT2D eigenvalue weighted by atomic mass is 9.96. The van der Waals surface area contributed by atoms with Crippen molar-refractivity contribution in [3.8, 4) is 5.75 Å². The Morgan fingerprint density at radius 2 is 2.05 bits per heavy atom. The van der Waals surface area contributed by atoms with E-state index < -0.39 is 11.5 Å². The first-order valence-electron chi connectivity index (χ1n) is 6.30. The van der Waals surface area contributed by atoms with Crippen molar-refractivity contribution in [1.82, 2.24) is 0 Å². The van der Waals surface area contributed by atoms with E-state index in [9.17, 15) is 4.79 Å². The maximum absolute atomic E-state index is 11.8. The number of rotatable bonds is 6. The third kappa shape index (κ3) is 3.05. The molecular formula is C14H19NO4. The third-order valence-electron chi connectivity index (χ3n) is 3.45. The number of esters is 1. The van der Waals surface area contributed by atoms with Crippen LogP contribution in [0.2, 0.25) is 0 Å². The van der Waals surface area contributed by atoms with Gasteiger partial charge in [0.2, 0.25) is 0 Å². The lowest BCUT2D eigenvalue weighted by Crippen LogP contribution is -2.55. The smallest absolute Gasteiger partial charge is 0.329 e. The molecule has 1 aliphatic rings. The van der Waals surface area contributed by atoms with Gasteiger partial charge >= 0.3 is 5.97 Å². The zero-order valence-electron chi connectivity index (χ0n) is 11.0. The van der Waals surface area contributed by atoms with E-state index in [1.165, 1.54) is 7.11 Å². The van der Waals surface area contributed by atoms with Crippen molar-refractivity contribution in [3.05, 3.63) is 29.8 Å². The van der Waals surface area contributed by atoms with E-state index in [0.717, 1.165) is 18.4 Å². The topological polar surface area (TPSA) is 81.8 Å². The number of carbonyl (C=O) groups excluding carboxylic acids is 1. The molecule has 1 fully saturated rings. The highest BCUT2D eigenvalue weighted by Crippen LogP contribution is 2.39. The summed E-state index contributed by atoms with van der Waals surface area (Å²) < 4.78 is 10.4. The molecule has 3 N–H and O–H groups in total. The Morgan fingerprint density at radius 1 is 1.42 bits per heavy atom. The van der Waals surface area contributed by atoms with Crippen LogP contribution in [0.3, 0.4) is 0 Å². The zero-order chi connectivity index (χ0) is 13.9. The van der Waals surface area contributed by atoms with Gasteiger partial charge in [0, 0.05) is 0 Å². The summed E-state index contributed by atoms with van der Waals surface area (Å²) in [5.74, 6) is 0.329. The first-order valence-corrected chi connectivity index (χ1v) is 6.30. The molecule has 0 amide bonds. The predicted molar refractivity (Wildman–Crippen MR) is 69.5 cm³/mol. The van der Waals surface area contributed by atoms with Crippen LogP contribution < -0.4 is 10.5 Å². The molecule has 0 bridgehead atoms. The van der Waals surface area contributed by atoms with Crippen LogP contribution in [-0.4, -0.2) is 30.3 Å². The van der Waals surface area contributed by atoms with Crippen LogP contribution in [-0.2, 0) is 16.1 Å². The van der Waals surface area contributed by atoms with Gasteiger partial charge < -0.3 is 20.3 Å². The van der Waals surface area contributed by atoms with E-state index in [0.29, 0.717) is 5.75 Å². The molecule has 0 aliphatic heterocycles. The van der Waals surface area contributed by atoms with Crippen molar-refractivity contribution in [3.63, 3.8) is 0 Å². The third-order valence-corrected chi connectivity index (χ3v) is 3.45. The lowest BCUT2D eigenvalue weighted by Gasteiger charge is -2.26. The van der Waals surface area contributed by atoms with Gasteiger partial charge in [0.15, 0.2) is 5.54 Å². The van der Waals surface area contributed by atoms with E-state index in [2.05, 4.69) is 0 Å². The molecule has 1 aromatic carbocycles. The number of hydrogen-bond acceptors (Lipinski definition) is 5. The summed E-state index contributed by atoms with van der Waals surface area (Å²) in [6.07, 6.45) is 1.86. The molecule has 1 aliphatic carbocycles. The molecule has 5 heteroatoms. The Hall–Kier alpha value is -1.59. The van der Waals surface area contributed by atoms with Gasteiger partial charge in [-0.05, 0) is 36.5 Å². The van der Waals surface area contributed by atoms with E-state index in [4.69, 9.17) is 20.3 Å². The van der Waals surface area contributed by atoms with Gasteiger partial charge in [-0.2, -0.15) is 0 Å². The highest BCUT2D eigenvalue weighted by Gasteiger charge is 2.49. The molecule has 0 saturated heterocycles. The van der Waals surface area contributed by atoms with Gasteiger partial charge in [-0.1, -0.05) is 12.1 Å².